The van der Waals surface area contributed by atoms with Gasteiger partial charge in [-0.05, 0) is 23.8 Å². The average molecular weight is 294 g/mol. The maximum atomic E-state index is 12.3. The maximum Gasteiger partial charge on any atom is 0.491 e. The molecule has 0 amide bonds. The fourth-order valence-electron chi connectivity index (χ4n) is 2.13. The second kappa shape index (κ2) is 4.80. The van der Waals surface area contributed by atoms with Gasteiger partial charge in [0, 0.05) is 12.0 Å². The van der Waals surface area contributed by atoms with Crippen LogP contribution in [0.4, 0.5) is 13.2 Å². The number of fused-ring (bicyclic) bond motifs is 2. The molecule has 108 valence electrons. The predicted octanol–water partition coefficient (Wildman–Crippen LogP) is 3.85. The van der Waals surface area contributed by atoms with E-state index < -0.39 is 12.1 Å². The van der Waals surface area contributed by atoms with E-state index >= 15 is 0 Å². The Kier molecular flexibility index (Phi) is 3.08. The summed E-state index contributed by atoms with van der Waals surface area (Å²) in [5, 5.41) is 0. The third-order valence-corrected chi connectivity index (χ3v) is 3.08. The molecule has 0 saturated heterocycles. The van der Waals surface area contributed by atoms with Crippen LogP contribution in [0.15, 0.2) is 42.5 Å². The summed E-state index contributed by atoms with van der Waals surface area (Å²) in [7, 11) is 0. The van der Waals surface area contributed by atoms with Crippen LogP contribution in [-0.4, -0.2) is 12.1 Å². The SMILES string of the molecule is O=C(Oc1cccc2c1Cc1ccccc1O2)C(F)(F)F. The fraction of sp³-hybridized carbons (Fsp3) is 0.133. The Morgan fingerprint density at radius 2 is 1.76 bits per heavy atom. The van der Waals surface area contributed by atoms with Crippen molar-refractivity contribution in [1.29, 1.82) is 0 Å². The number of carbonyl (C=O) groups is 1. The lowest BCUT2D eigenvalue weighted by Gasteiger charge is -2.22. The van der Waals surface area contributed by atoms with Gasteiger partial charge < -0.3 is 9.47 Å². The highest BCUT2D eigenvalue weighted by atomic mass is 19.4. The molecule has 1 aliphatic rings. The van der Waals surface area contributed by atoms with Crippen molar-refractivity contribution in [2.45, 2.75) is 12.6 Å². The molecule has 1 heterocycles. The predicted molar refractivity (Wildman–Crippen MR) is 67.5 cm³/mol. The van der Waals surface area contributed by atoms with Gasteiger partial charge in [0.05, 0.1) is 0 Å². The summed E-state index contributed by atoms with van der Waals surface area (Å²) < 4.78 is 47.0. The number of esters is 1. The number of hydrogen-bond acceptors (Lipinski definition) is 3. The molecular weight excluding hydrogens is 285 g/mol. The molecule has 6 heteroatoms. The highest BCUT2D eigenvalue weighted by Gasteiger charge is 2.42. The van der Waals surface area contributed by atoms with Gasteiger partial charge in [0.25, 0.3) is 0 Å². The highest BCUT2D eigenvalue weighted by molar-refractivity contribution is 5.78. The molecule has 0 N–H and O–H groups in total. The minimum atomic E-state index is -5.03. The van der Waals surface area contributed by atoms with Crippen LogP contribution < -0.4 is 9.47 Å². The zero-order valence-corrected chi connectivity index (χ0v) is 10.6. The number of halogens is 3. The van der Waals surface area contributed by atoms with E-state index in [-0.39, 0.29) is 5.75 Å². The van der Waals surface area contributed by atoms with E-state index in [4.69, 9.17) is 4.74 Å². The number of carbonyl (C=O) groups excluding carboxylic acids is 1. The minimum Gasteiger partial charge on any atom is -0.457 e. The minimum absolute atomic E-state index is 0.135. The van der Waals surface area contributed by atoms with Gasteiger partial charge in [-0.1, -0.05) is 24.3 Å². The van der Waals surface area contributed by atoms with Crippen LogP contribution >= 0.6 is 0 Å². The lowest BCUT2D eigenvalue weighted by Crippen LogP contribution is -2.28. The standard InChI is InChI=1S/C15H9F3O3/c16-15(17,18)14(19)21-13-7-3-6-12-10(13)8-9-4-1-2-5-11(9)20-12/h1-7H,8H2. The van der Waals surface area contributed by atoms with E-state index in [1.807, 2.05) is 0 Å². The molecule has 0 fully saturated rings. The van der Waals surface area contributed by atoms with Gasteiger partial charge in [0.15, 0.2) is 0 Å². The zero-order valence-electron chi connectivity index (χ0n) is 10.6. The molecule has 3 nitrogen and oxygen atoms in total. The maximum absolute atomic E-state index is 12.3. The second-order valence-corrected chi connectivity index (χ2v) is 4.51. The molecule has 21 heavy (non-hydrogen) atoms. The van der Waals surface area contributed by atoms with Gasteiger partial charge in [-0.25, -0.2) is 4.79 Å². The molecule has 2 aromatic carbocycles. The van der Waals surface area contributed by atoms with Crippen molar-refractivity contribution in [2.24, 2.45) is 0 Å². The van der Waals surface area contributed by atoms with E-state index in [0.717, 1.165) is 5.56 Å². The van der Waals surface area contributed by atoms with Crippen molar-refractivity contribution in [1.82, 2.24) is 0 Å². The Labute approximate surface area is 117 Å². The van der Waals surface area contributed by atoms with Crippen molar-refractivity contribution >= 4 is 5.97 Å². The largest absolute Gasteiger partial charge is 0.491 e. The van der Waals surface area contributed by atoms with Crippen molar-refractivity contribution in [2.75, 3.05) is 0 Å². The van der Waals surface area contributed by atoms with Gasteiger partial charge in [-0.2, -0.15) is 13.2 Å². The van der Waals surface area contributed by atoms with Crippen LogP contribution in [0.5, 0.6) is 17.2 Å². The zero-order chi connectivity index (χ0) is 15.0. The topological polar surface area (TPSA) is 35.5 Å². The van der Waals surface area contributed by atoms with Crippen molar-refractivity contribution in [3.63, 3.8) is 0 Å². The molecule has 0 bridgehead atoms. The van der Waals surface area contributed by atoms with Crippen molar-refractivity contribution < 1.29 is 27.4 Å². The Balaban J connectivity index is 1.95. The summed E-state index contributed by atoms with van der Waals surface area (Å²) in [5.74, 6) is -1.34. The summed E-state index contributed by atoms with van der Waals surface area (Å²) in [6, 6.07) is 11.6. The van der Waals surface area contributed by atoms with Crippen LogP contribution in [0.1, 0.15) is 11.1 Å². The molecule has 1 aliphatic heterocycles. The molecule has 2 aromatic rings. The van der Waals surface area contributed by atoms with Crippen LogP contribution in [0, 0.1) is 0 Å². The molecule has 3 rings (SSSR count). The van der Waals surface area contributed by atoms with Crippen LogP contribution in [0.2, 0.25) is 0 Å². The first kappa shape index (κ1) is 13.5. The highest BCUT2D eigenvalue weighted by Crippen LogP contribution is 2.41. The average Bonchev–Trinajstić information content (AvgIpc) is 2.44. The van der Waals surface area contributed by atoms with Gasteiger partial charge in [0.1, 0.15) is 17.2 Å². The Bertz CT molecular complexity index is 708. The molecule has 0 saturated carbocycles. The summed E-state index contributed by atoms with van der Waals surface area (Å²) in [6.45, 7) is 0. The monoisotopic (exact) mass is 294 g/mol. The first-order valence-electron chi connectivity index (χ1n) is 6.12. The van der Waals surface area contributed by atoms with E-state index in [2.05, 4.69) is 4.74 Å². The Hall–Kier alpha value is -2.50. The van der Waals surface area contributed by atoms with E-state index in [9.17, 15) is 18.0 Å². The summed E-state index contributed by atoms with van der Waals surface area (Å²) >= 11 is 0. The third-order valence-electron chi connectivity index (χ3n) is 3.08. The molecular formula is C15H9F3O3. The Morgan fingerprint density at radius 3 is 2.52 bits per heavy atom. The number of rotatable bonds is 1. The molecule has 0 spiro atoms. The molecule has 0 aromatic heterocycles. The van der Waals surface area contributed by atoms with Crippen molar-refractivity contribution in [3.8, 4) is 17.2 Å². The molecule has 0 atom stereocenters. The number of para-hydroxylation sites is 1. The van der Waals surface area contributed by atoms with E-state index in [0.29, 0.717) is 23.5 Å². The van der Waals surface area contributed by atoms with E-state index in [1.165, 1.54) is 12.1 Å². The summed E-state index contributed by atoms with van der Waals surface area (Å²) in [4.78, 5) is 11.0. The van der Waals surface area contributed by atoms with E-state index in [1.54, 1.807) is 30.3 Å². The molecule has 0 unspecified atom stereocenters. The summed E-state index contributed by atoms with van der Waals surface area (Å²) in [6.07, 6.45) is -4.69. The smallest absolute Gasteiger partial charge is 0.457 e. The fourth-order valence-corrected chi connectivity index (χ4v) is 2.13. The van der Waals surface area contributed by atoms with Crippen LogP contribution in [-0.2, 0) is 11.2 Å². The third kappa shape index (κ3) is 2.56. The lowest BCUT2D eigenvalue weighted by atomic mass is 9.99. The number of benzene rings is 2. The molecule has 0 aliphatic carbocycles. The van der Waals surface area contributed by atoms with Crippen LogP contribution in [0.25, 0.3) is 0 Å². The summed E-state index contributed by atoms with van der Waals surface area (Å²) in [5.41, 5.74) is 1.24. The van der Waals surface area contributed by atoms with Gasteiger partial charge in [-0.15, -0.1) is 0 Å². The normalized spacial score (nSPS) is 12.9. The Morgan fingerprint density at radius 1 is 1.05 bits per heavy atom. The van der Waals surface area contributed by atoms with Crippen molar-refractivity contribution in [3.05, 3.63) is 53.6 Å². The van der Waals surface area contributed by atoms with Gasteiger partial charge in [0.2, 0.25) is 0 Å². The molecule has 0 radical (unpaired) electrons. The first-order valence-corrected chi connectivity index (χ1v) is 6.12. The first-order chi connectivity index (χ1) is 9.95. The number of ether oxygens (including phenoxy) is 2. The second-order valence-electron chi connectivity index (χ2n) is 4.51. The van der Waals surface area contributed by atoms with Gasteiger partial charge in [-0.3, -0.25) is 0 Å². The quantitative estimate of drug-likeness (QED) is 0.505. The lowest BCUT2D eigenvalue weighted by molar-refractivity contribution is -0.189. The van der Waals surface area contributed by atoms with Gasteiger partial charge >= 0.3 is 12.1 Å². The number of hydrogen-bond donors (Lipinski definition) is 0. The van der Waals surface area contributed by atoms with Crippen LogP contribution in [0.3, 0.4) is 0 Å². The number of alkyl halides is 3.